The van der Waals surface area contributed by atoms with Crippen molar-refractivity contribution < 1.29 is 0 Å². The van der Waals surface area contributed by atoms with Crippen LogP contribution < -0.4 is 0 Å². The highest BCUT2D eigenvalue weighted by Gasteiger charge is 2.21. The van der Waals surface area contributed by atoms with Crippen molar-refractivity contribution in [3.63, 3.8) is 0 Å². The van der Waals surface area contributed by atoms with Gasteiger partial charge in [0.15, 0.2) is 0 Å². The van der Waals surface area contributed by atoms with E-state index in [9.17, 15) is 0 Å². The molecular weight excluding hydrogens is 252 g/mol. The maximum atomic E-state index is 8.92. The molecule has 1 aliphatic rings. The van der Waals surface area contributed by atoms with Crippen LogP contribution in [0.3, 0.4) is 0 Å². The Hall–Kier alpha value is -0.720. The molecule has 0 aromatic carbocycles. The largest absolute Gasteiger partial charge is 0.248 e. The lowest BCUT2D eigenvalue weighted by Gasteiger charge is -2.26. The molecular formula is C13H15ClN2S. The minimum Gasteiger partial charge on any atom is -0.248 e. The fourth-order valence-electron chi connectivity index (χ4n) is 2.24. The number of thioether (sulfide) groups is 1. The number of nitrogens with zero attached hydrogens (tertiary/aromatic N) is 2. The Morgan fingerprint density at radius 1 is 1.53 bits per heavy atom. The van der Waals surface area contributed by atoms with Crippen molar-refractivity contribution in [2.75, 3.05) is 0 Å². The monoisotopic (exact) mass is 266 g/mol. The molecule has 1 aromatic heterocycles. The predicted octanol–water partition coefficient (Wildman–Crippen LogP) is 4.28. The van der Waals surface area contributed by atoms with Crippen LogP contribution in [0.25, 0.3) is 0 Å². The summed E-state index contributed by atoms with van der Waals surface area (Å²) in [6.07, 6.45) is 6.73. The van der Waals surface area contributed by atoms with Crippen LogP contribution in [0.4, 0.5) is 0 Å². The smallest absolute Gasteiger partial charge is 0.116 e. The molecule has 0 bridgehead atoms. The molecule has 0 spiro atoms. The Balaban J connectivity index is 2.11. The summed E-state index contributed by atoms with van der Waals surface area (Å²) in [5.41, 5.74) is 0.521. The lowest BCUT2D eigenvalue weighted by Crippen LogP contribution is -2.15. The van der Waals surface area contributed by atoms with E-state index in [0.717, 1.165) is 10.9 Å². The minimum atomic E-state index is 0.512. The summed E-state index contributed by atoms with van der Waals surface area (Å²) in [4.78, 5) is 4.29. The number of pyridine rings is 1. The summed E-state index contributed by atoms with van der Waals surface area (Å²) >= 11 is 7.89. The Labute approximate surface area is 111 Å². The normalized spacial score (nSPS) is 24.3. The van der Waals surface area contributed by atoms with Gasteiger partial charge in [-0.05, 0) is 24.8 Å². The van der Waals surface area contributed by atoms with Gasteiger partial charge in [-0.1, -0.05) is 31.4 Å². The van der Waals surface area contributed by atoms with Gasteiger partial charge in [-0.3, -0.25) is 0 Å². The number of hydrogen-bond donors (Lipinski definition) is 0. The highest BCUT2D eigenvalue weighted by atomic mass is 35.5. The van der Waals surface area contributed by atoms with Crippen LogP contribution in [0.5, 0.6) is 0 Å². The van der Waals surface area contributed by atoms with Crippen LogP contribution in [0.1, 0.15) is 38.2 Å². The second-order valence-corrected chi connectivity index (χ2v) is 6.27. The van der Waals surface area contributed by atoms with Crippen LogP contribution in [0.2, 0.25) is 5.02 Å². The van der Waals surface area contributed by atoms with Crippen LogP contribution in [0, 0.1) is 17.2 Å². The van der Waals surface area contributed by atoms with Crippen molar-refractivity contribution >= 4 is 23.4 Å². The van der Waals surface area contributed by atoms with Gasteiger partial charge in [0.1, 0.15) is 11.1 Å². The number of aromatic nitrogens is 1. The van der Waals surface area contributed by atoms with Crippen molar-refractivity contribution in [1.29, 1.82) is 5.26 Å². The third kappa shape index (κ3) is 3.14. The second-order valence-electron chi connectivity index (χ2n) is 4.60. The van der Waals surface area contributed by atoms with Gasteiger partial charge in [0.2, 0.25) is 0 Å². The van der Waals surface area contributed by atoms with Gasteiger partial charge in [0.05, 0.1) is 10.6 Å². The molecule has 1 saturated carbocycles. The molecule has 1 aliphatic carbocycles. The Morgan fingerprint density at radius 2 is 2.35 bits per heavy atom. The molecule has 1 aromatic rings. The zero-order valence-corrected chi connectivity index (χ0v) is 11.4. The van der Waals surface area contributed by atoms with E-state index in [4.69, 9.17) is 16.9 Å². The van der Waals surface area contributed by atoms with Gasteiger partial charge < -0.3 is 0 Å². The molecule has 0 N–H and O–H groups in total. The first-order valence-corrected chi connectivity index (χ1v) is 7.17. The standard InChI is InChI=1S/C13H15ClN2S/c1-9-3-2-4-11(7-9)17-13-12(14)10(8-15)5-6-16-13/h5-6,9,11H,2-4,7H2,1H3. The quantitative estimate of drug-likeness (QED) is 0.802. The molecule has 4 heteroatoms. The van der Waals surface area contributed by atoms with E-state index in [1.165, 1.54) is 25.7 Å². The van der Waals surface area contributed by atoms with Gasteiger partial charge in [-0.25, -0.2) is 4.98 Å². The second kappa shape index (κ2) is 5.75. The van der Waals surface area contributed by atoms with E-state index >= 15 is 0 Å². The summed E-state index contributed by atoms with van der Waals surface area (Å²) in [6, 6.07) is 3.76. The highest BCUT2D eigenvalue weighted by molar-refractivity contribution is 8.00. The zero-order valence-electron chi connectivity index (χ0n) is 9.82. The average Bonchev–Trinajstić information content (AvgIpc) is 2.32. The topological polar surface area (TPSA) is 36.7 Å². The van der Waals surface area contributed by atoms with Crippen molar-refractivity contribution in [3.05, 3.63) is 22.8 Å². The van der Waals surface area contributed by atoms with Gasteiger partial charge in [0.25, 0.3) is 0 Å². The van der Waals surface area contributed by atoms with Crippen molar-refractivity contribution in [3.8, 4) is 6.07 Å². The van der Waals surface area contributed by atoms with Gasteiger partial charge in [-0.2, -0.15) is 5.26 Å². The maximum Gasteiger partial charge on any atom is 0.116 e. The first-order chi connectivity index (χ1) is 8.20. The molecule has 90 valence electrons. The molecule has 2 atom stereocenters. The molecule has 2 rings (SSSR count). The summed E-state index contributed by atoms with van der Waals surface area (Å²) in [5.74, 6) is 0.791. The van der Waals surface area contributed by atoms with Gasteiger partial charge in [-0.15, -0.1) is 11.8 Å². The lowest BCUT2D eigenvalue weighted by molar-refractivity contribution is 0.394. The summed E-state index contributed by atoms with van der Waals surface area (Å²) < 4.78 is 0. The lowest BCUT2D eigenvalue weighted by atomic mass is 9.91. The number of halogens is 1. The van der Waals surface area contributed by atoms with E-state index < -0.39 is 0 Å². The SMILES string of the molecule is CC1CCCC(Sc2nccc(C#N)c2Cl)C1. The predicted molar refractivity (Wildman–Crippen MR) is 71.2 cm³/mol. The number of rotatable bonds is 2. The molecule has 0 aliphatic heterocycles. The molecule has 2 nitrogen and oxygen atoms in total. The van der Waals surface area contributed by atoms with Crippen molar-refractivity contribution in [1.82, 2.24) is 4.98 Å². The third-order valence-electron chi connectivity index (χ3n) is 3.14. The van der Waals surface area contributed by atoms with E-state index in [1.807, 2.05) is 0 Å². The summed E-state index contributed by atoms with van der Waals surface area (Å²) in [5, 5.41) is 10.8. The molecule has 0 radical (unpaired) electrons. The number of hydrogen-bond acceptors (Lipinski definition) is 3. The van der Waals surface area contributed by atoms with Gasteiger partial charge in [0, 0.05) is 11.4 Å². The van der Waals surface area contributed by atoms with E-state index in [1.54, 1.807) is 24.0 Å². The van der Waals surface area contributed by atoms with Crippen LogP contribution >= 0.6 is 23.4 Å². The zero-order chi connectivity index (χ0) is 12.3. The molecule has 1 fully saturated rings. The van der Waals surface area contributed by atoms with Crippen LogP contribution in [-0.2, 0) is 0 Å². The first kappa shape index (κ1) is 12.7. The number of nitriles is 1. The highest BCUT2D eigenvalue weighted by Crippen LogP contribution is 2.38. The van der Waals surface area contributed by atoms with E-state index in [-0.39, 0.29) is 0 Å². The van der Waals surface area contributed by atoms with E-state index in [2.05, 4.69) is 18.0 Å². The molecule has 1 heterocycles. The fourth-order valence-corrected chi connectivity index (χ4v) is 3.88. The molecule has 2 unspecified atom stereocenters. The molecule has 17 heavy (non-hydrogen) atoms. The van der Waals surface area contributed by atoms with Crippen molar-refractivity contribution in [2.45, 2.75) is 42.9 Å². The summed E-state index contributed by atoms with van der Waals surface area (Å²) in [7, 11) is 0. The maximum absolute atomic E-state index is 8.92. The third-order valence-corrected chi connectivity index (χ3v) is 4.93. The summed E-state index contributed by atoms with van der Waals surface area (Å²) in [6.45, 7) is 2.30. The van der Waals surface area contributed by atoms with Crippen LogP contribution in [-0.4, -0.2) is 10.2 Å². The Kier molecular flexibility index (Phi) is 4.31. The molecule has 0 saturated heterocycles. The van der Waals surface area contributed by atoms with E-state index in [0.29, 0.717) is 15.8 Å². The van der Waals surface area contributed by atoms with Crippen LogP contribution in [0.15, 0.2) is 17.3 Å². The first-order valence-electron chi connectivity index (χ1n) is 5.92. The Bertz CT molecular complexity index is 442. The van der Waals surface area contributed by atoms with Crippen molar-refractivity contribution in [2.24, 2.45) is 5.92 Å². The fraction of sp³-hybridized carbons (Fsp3) is 0.538. The average molecular weight is 267 g/mol. The Morgan fingerprint density at radius 3 is 3.06 bits per heavy atom. The van der Waals surface area contributed by atoms with Gasteiger partial charge >= 0.3 is 0 Å². The molecule has 0 amide bonds. The minimum absolute atomic E-state index is 0.512.